The standard InChI is InChI=1S/C14H19NO4S2/c1-10(2)21(18,19)15(4)13-7-5-12(6-8-13)14(17)9-20-11(3)16/h5-8,10H,9H2,1-4H3. The van der Waals surface area contributed by atoms with Gasteiger partial charge in [-0.25, -0.2) is 8.42 Å². The van der Waals surface area contributed by atoms with Gasteiger partial charge < -0.3 is 0 Å². The van der Waals surface area contributed by atoms with Crippen LogP contribution in [-0.4, -0.2) is 37.4 Å². The third kappa shape index (κ3) is 4.57. The quantitative estimate of drug-likeness (QED) is 0.749. The number of benzene rings is 1. The molecule has 0 fully saturated rings. The van der Waals surface area contributed by atoms with Crippen molar-refractivity contribution < 1.29 is 18.0 Å². The third-order valence-corrected chi connectivity index (χ3v) is 5.92. The van der Waals surface area contributed by atoms with Gasteiger partial charge in [0.05, 0.1) is 16.7 Å². The molecule has 0 unspecified atom stereocenters. The van der Waals surface area contributed by atoms with Gasteiger partial charge in [0.15, 0.2) is 10.9 Å². The van der Waals surface area contributed by atoms with Crippen LogP contribution in [0.1, 0.15) is 31.1 Å². The molecule has 0 saturated carbocycles. The highest BCUT2D eigenvalue weighted by atomic mass is 32.2. The van der Waals surface area contributed by atoms with E-state index in [0.29, 0.717) is 11.3 Å². The number of anilines is 1. The molecule has 7 heteroatoms. The van der Waals surface area contributed by atoms with E-state index in [9.17, 15) is 18.0 Å². The second kappa shape index (κ2) is 7.09. The van der Waals surface area contributed by atoms with Crippen molar-refractivity contribution in [2.45, 2.75) is 26.0 Å². The highest BCUT2D eigenvalue weighted by Crippen LogP contribution is 2.20. The minimum absolute atomic E-state index is 0.0921. The van der Waals surface area contributed by atoms with Crippen LogP contribution >= 0.6 is 11.8 Å². The lowest BCUT2D eigenvalue weighted by molar-refractivity contribution is -0.109. The summed E-state index contributed by atoms with van der Waals surface area (Å²) in [5, 5.41) is -0.626. The summed E-state index contributed by atoms with van der Waals surface area (Å²) in [6, 6.07) is 6.33. The number of nitrogens with zero attached hydrogens (tertiary/aromatic N) is 1. The molecule has 21 heavy (non-hydrogen) atoms. The maximum Gasteiger partial charge on any atom is 0.237 e. The number of carbonyl (C=O) groups excluding carboxylic acids is 2. The van der Waals surface area contributed by atoms with Crippen molar-refractivity contribution in [2.75, 3.05) is 17.1 Å². The van der Waals surface area contributed by atoms with E-state index < -0.39 is 15.3 Å². The van der Waals surface area contributed by atoms with E-state index >= 15 is 0 Å². The van der Waals surface area contributed by atoms with Gasteiger partial charge in [0.25, 0.3) is 0 Å². The van der Waals surface area contributed by atoms with E-state index in [1.807, 2.05) is 0 Å². The summed E-state index contributed by atoms with van der Waals surface area (Å²) in [5.41, 5.74) is 0.960. The van der Waals surface area contributed by atoms with Gasteiger partial charge in [-0.3, -0.25) is 13.9 Å². The monoisotopic (exact) mass is 329 g/mol. The van der Waals surface area contributed by atoms with Gasteiger partial charge in [0.1, 0.15) is 0 Å². The highest BCUT2D eigenvalue weighted by molar-refractivity contribution is 8.14. The Morgan fingerprint density at radius 3 is 2.14 bits per heavy atom. The predicted molar refractivity (Wildman–Crippen MR) is 86.4 cm³/mol. The molecule has 0 amide bonds. The molecule has 0 spiro atoms. The Kier molecular flexibility index (Phi) is 5.98. The number of hydrogen-bond acceptors (Lipinski definition) is 5. The molecule has 116 valence electrons. The van der Waals surface area contributed by atoms with Crippen molar-refractivity contribution in [1.82, 2.24) is 0 Å². The maximum absolute atomic E-state index is 12.0. The summed E-state index contributed by atoms with van der Waals surface area (Å²) >= 11 is 0.958. The largest absolute Gasteiger partial charge is 0.293 e. The van der Waals surface area contributed by atoms with Gasteiger partial charge in [0.2, 0.25) is 10.0 Å². The first-order chi connectivity index (χ1) is 9.66. The smallest absolute Gasteiger partial charge is 0.237 e. The van der Waals surface area contributed by atoms with Gasteiger partial charge in [-0.2, -0.15) is 0 Å². The van der Waals surface area contributed by atoms with Gasteiger partial charge in [0, 0.05) is 19.5 Å². The summed E-state index contributed by atoms with van der Waals surface area (Å²) in [4.78, 5) is 22.7. The van der Waals surface area contributed by atoms with E-state index in [-0.39, 0.29) is 16.7 Å². The molecule has 0 aliphatic rings. The Morgan fingerprint density at radius 1 is 1.19 bits per heavy atom. The predicted octanol–water partition coefficient (Wildman–Crippen LogP) is 2.32. The second-order valence-corrected chi connectivity index (χ2v) is 8.48. The zero-order valence-electron chi connectivity index (χ0n) is 12.5. The molecule has 0 radical (unpaired) electrons. The molecule has 5 nitrogen and oxygen atoms in total. The minimum Gasteiger partial charge on any atom is -0.293 e. The molecule has 1 rings (SSSR count). The van der Waals surface area contributed by atoms with Crippen molar-refractivity contribution >= 4 is 38.4 Å². The lowest BCUT2D eigenvalue weighted by atomic mass is 10.1. The molecule has 0 atom stereocenters. The molecule has 1 aromatic rings. The van der Waals surface area contributed by atoms with E-state index in [2.05, 4.69) is 0 Å². The fourth-order valence-electron chi connectivity index (χ4n) is 1.57. The Hall–Kier alpha value is -1.34. The van der Waals surface area contributed by atoms with Crippen molar-refractivity contribution in [3.8, 4) is 0 Å². The molecule has 0 bridgehead atoms. The van der Waals surface area contributed by atoms with Crippen LogP contribution < -0.4 is 4.31 Å². The zero-order valence-corrected chi connectivity index (χ0v) is 14.1. The molecule has 0 aliphatic carbocycles. The topological polar surface area (TPSA) is 71.5 Å². The number of rotatable bonds is 6. The van der Waals surface area contributed by atoms with Gasteiger partial charge in [-0.05, 0) is 38.1 Å². The Balaban J connectivity index is 2.88. The van der Waals surface area contributed by atoms with Crippen molar-refractivity contribution in [2.24, 2.45) is 0 Å². The highest BCUT2D eigenvalue weighted by Gasteiger charge is 2.22. The van der Waals surface area contributed by atoms with Crippen LogP contribution in [0.5, 0.6) is 0 Å². The average molecular weight is 329 g/mol. The maximum atomic E-state index is 12.0. The van der Waals surface area contributed by atoms with Crippen LogP contribution in [0.3, 0.4) is 0 Å². The van der Waals surface area contributed by atoms with E-state index in [0.717, 1.165) is 11.8 Å². The van der Waals surface area contributed by atoms with E-state index in [1.54, 1.807) is 38.1 Å². The number of ketones is 1. The summed E-state index contributed by atoms with van der Waals surface area (Å²) in [5.74, 6) is -0.0643. The Bertz CT molecular complexity index is 621. The summed E-state index contributed by atoms with van der Waals surface area (Å²) in [7, 11) is -1.90. The van der Waals surface area contributed by atoms with Crippen LogP contribution in [0.15, 0.2) is 24.3 Å². The van der Waals surface area contributed by atoms with Gasteiger partial charge in [-0.1, -0.05) is 11.8 Å². The minimum atomic E-state index is -3.38. The number of thioether (sulfide) groups is 1. The summed E-state index contributed by atoms with van der Waals surface area (Å²) in [6.45, 7) is 4.64. The Labute approximate surface area is 129 Å². The zero-order chi connectivity index (χ0) is 16.2. The molecular formula is C14H19NO4S2. The summed E-state index contributed by atoms with van der Waals surface area (Å²) in [6.07, 6.45) is 0. The van der Waals surface area contributed by atoms with Crippen LogP contribution in [0.25, 0.3) is 0 Å². The van der Waals surface area contributed by atoms with Gasteiger partial charge >= 0.3 is 0 Å². The number of sulfonamides is 1. The van der Waals surface area contributed by atoms with Crippen molar-refractivity contribution in [3.05, 3.63) is 29.8 Å². The molecule has 0 heterocycles. The number of hydrogen-bond donors (Lipinski definition) is 0. The second-order valence-electron chi connectivity index (χ2n) is 4.81. The average Bonchev–Trinajstić information content (AvgIpc) is 2.43. The number of Topliss-reactive ketones (excluding diaryl/α,β-unsaturated/α-hetero) is 1. The fraction of sp³-hybridized carbons (Fsp3) is 0.429. The third-order valence-electron chi connectivity index (χ3n) is 2.94. The first kappa shape index (κ1) is 17.7. The first-order valence-corrected chi connectivity index (χ1v) is 8.89. The van der Waals surface area contributed by atoms with E-state index in [4.69, 9.17) is 0 Å². The fourth-order valence-corrected chi connectivity index (χ4v) is 3.12. The Morgan fingerprint density at radius 2 is 1.71 bits per heavy atom. The van der Waals surface area contributed by atoms with Crippen LogP contribution in [0, 0.1) is 0 Å². The van der Waals surface area contributed by atoms with Crippen molar-refractivity contribution in [3.63, 3.8) is 0 Å². The molecule has 0 N–H and O–H groups in total. The molecule has 0 saturated heterocycles. The van der Waals surface area contributed by atoms with Crippen LogP contribution in [0.4, 0.5) is 5.69 Å². The van der Waals surface area contributed by atoms with Crippen molar-refractivity contribution in [1.29, 1.82) is 0 Å². The lowest BCUT2D eigenvalue weighted by Gasteiger charge is -2.21. The molecular weight excluding hydrogens is 310 g/mol. The van der Waals surface area contributed by atoms with Crippen LogP contribution in [-0.2, 0) is 14.8 Å². The van der Waals surface area contributed by atoms with E-state index in [1.165, 1.54) is 18.3 Å². The summed E-state index contributed by atoms with van der Waals surface area (Å²) < 4.78 is 25.3. The normalized spacial score (nSPS) is 11.5. The molecule has 0 aromatic heterocycles. The SMILES string of the molecule is CC(=O)SCC(=O)c1ccc(N(C)S(=O)(=O)C(C)C)cc1. The lowest BCUT2D eigenvalue weighted by Crippen LogP contribution is -2.32. The molecule has 1 aromatic carbocycles. The molecule has 0 aliphatic heterocycles. The van der Waals surface area contributed by atoms with Gasteiger partial charge in [-0.15, -0.1) is 0 Å². The first-order valence-electron chi connectivity index (χ1n) is 6.40. The van der Waals surface area contributed by atoms with Crippen LogP contribution in [0.2, 0.25) is 0 Å². The number of carbonyl (C=O) groups is 2.